The number of ether oxygens (including phenoxy) is 3. The van der Waals surface area contributed by atoms with Gasteiger partial charge in [0.1, 0.15) is 13.2 Å². The lowest BCUT2D eigenvalue weighted by molar-refractivity contribution is -0.167. The first-order valence-corrected chi connectivity index (χ1v) is 29.8. The molecule has 0 N–H and O–H groups in total. The third-order valence-corrected chi connectivity index (χ3v) is 13.0. The molecule has 0 rings (SSSR count). The minimum absolute atomic E-state index is 0.0870. The quantitative estimate of drug-likeness (QED) is 0.0262. The molecule has 0 aromatic heterocycles. The summed E-state index contributed by atoms with van der Waals surface area (Å²) in [7, 11) is 0. The third-order valence-electron chi connectivity index (χ3n) is 13.0. The molecule has 0 spiro atoms. The van der Waals surface area contributed by atoms with E-state index in [1.807, 2.05) is 0 Å². The second-order valence-electron chi connectivity index (χ2n) is 19.9. The fourth-order valence-electron chi connectivity index (χ4n) is 8.55. The lowest BCUT2D eigenvalue weighted by atomic mass is 10.0. The highest BCUT2D eigenvalue weighted by molar-refractivity contribution is 5.71. The van der Waals surface area contributed by atoms with Gasteiger partial charge in [0.05, 0.1) is 0 Å². The predicted molar refractivity (Wildman–Crippen MR) is 298 cm³/mol. The second-order valence-corrected chi connectivity index (χ2v) is 19.9. The first-order chi connectivity index (χ1) is 34.0. The van der Waals surface area contributed by atoms with Crippen molar-refractivity contribution in [3.8, 4) is 0 Å². The summed E-state index contributed by atoms with van der Waals surface area (Å²) in [4.78, 5) is 38.2. The zero-order valence-electron chi connectivity index (χ0n) is 45.8. The van der Waals surface area contributed by atoms with Crippen LogP contribution < -0.4 is 0 Å². The van der Waals surface area contributed by atoms with E-state index in [0.29, 0.717) is 19.3 Å². The molecule has 0 fully saturated rings. The van der Waals surface area contributed by atoms with Crippen LogP contribution in [-0.2, 0) is 28.6 Å². The Morgan fingerprint density at radius 3 is 0.928 bits per heavy atom. The van der Waals surface area contributed by atoms with Crippen LogP contribution in [-0.4, -0.2) is 37.2 Å². The maximum Gasteiger partial charge on any atom is 0.306 e. The average Bonchev–Trinajstić information content (AvgIpc) is 3.35. The van der Waals surface area contributed by atoms with Crippen molar-refractivity contribution in [2.24, 2.45) is 0 Å². The highest BCUT2D eigenvalue weighted by Gasteiger charge is 2.19. The minimum Gasteiger partial charge on any atom is -0.462 e. The molecule has 0 bridgehead atoms. The van der Waals surface area contributed by atoms with Crippen LogP contribution in [0.2, 0.25) is 0 Å². The molecule has 0 aliphatic heterocycles. The Morgan fingerprint density at radius 2 is 0.565 bits per heavy atom. The molecule has 1 atom stereocenters. The van der Waals surface area contributed by atoms with Crippen LogP contribution in [0.3, 0.4) is 0 Å². The van der Waals surface area contributed by atoms with Crippen molar-refractivity contribution in [2.45, 2.75) is 309 Å². The Hall–Kier alpha value is -2.89. The SMILES string of the molecule is CC/C=C\C/C=C\C/C=C\C/C=C\CCCCC(=O)OC[C@H](COC(=O)CCCCCCCCC/C=C\CCCCCCCC)OC(=O)CCCCCCCCCCCCCCCCCCCCC. The Morgan fingerprint density at radius 1 is 0.304 bits per heavy atom. The first kappa shape index (κ1) is 66.1. The van der Waals surface area contributed by atoms with Crippen LogP contribution in [0, 0.1) is 0 Å². The summed E-state index contributed by atoms with van der Waals surface area (Å²) in [5.74, 6) is -0.919. The summed E-state index contributed by atoms with van der Waals surface area (Å²) < 4.78 is 16.9. The van der Waals surface area contributed by atoms with Crippen LogP contribution in [0.25, 0.3) is 0 Å². The molecule has 0 aliphatic rings. The maximum absolute atomic E-state index is 12.9. The van der Waals surface area contributed by atoms with Crippen LogP contribution in [0.4, 0.5) is 0 Å². The second kappa shape index (κ2) is 57.7. The van der Waals surface area contributed by atoms with E-state index < -0.39 is 6.10 Å². The summed E-state index contributed by atoms with van der Waals surface area (Å²) in [5.41, 5.74) is 0. The van der Waals surface area contributed by atoms with Crippen molar-refractivity contribution in [2.75, 3.05) is 13.2 Å². The summed E-state index contributed by atoms with van der Waals surface area (Å²) in [6.07, 6.45) is 72.2. The number of rotatable bonds is 54. The zero-order chi connectivity index (χ0) is 50.0. The van der Waals surface area contributed by atoms with Gasteiger partial charge in [0.15, 0.2) is 6.10 Å². The fourth-order valence-corrected chi connectivity index (χ4v) is 8.55. The van der Waals surface area contributed by atoms with Gasteiger partial charge in [0, 0.05) is 19.3 Å². The zero-order valence-corrected chi connectivity index (χ0v) is 45.8. The standard InChI is InChI=1S/C63H112O6/c1-4-7-10-13-16-19-22-25-28-30-31-33-36-39-42-45-48-51-54-57-63(66)69-60(58-67-61(64)55-52-49-46-43-40-37-34-27-24-21-18-15-12-9-6-3)59-68-62(65)56-53-50-47-44-41-38-35-32-29-26-23-20-17-14-11-8-5-2/h9,12,18,21,26-27,29,34,40,43,60H,4-8,10-11,13-17,19-20,22-25,28,30-33,35-39,41-42,44-59H2,1-3H3/b12-9-,21-18-,29-26-,34-27-,43-40-/t60-/m1/s1. The van der Waals surface area contributed by atoms with E-state index in [1.54, 1.807) is 0 Å². The van der Waals surface area contributed by atoms with Gasteiger partial charge in [-0.3, -0.25) is 14.4 Å². The third kappa shape index (κ3) is 55.9. The molecule has 0 unspecified atom stereocenters. The number of hydrogen-bond acceptors (Lipinski definition) is 6. The monoisotopic (exact) mass is 965 g/mol. The number of hydrogen-bond donors (Lipinski definition) is 0. The molecule has 0 heterocycles. The number of esters is 3. The number of carbonyl (C=O) groups excluding carboxylic acids is 3. The molecule has 0 amide bonds. The number of allylic oxidation sites excluding steroid dienone is 10. The Bertz CT molecular complexity index is 1250. The summed E-state index contributed by atoms with van der Waals surface area (Å²) in [5, 5.41) is 0. The lowest BCUT2D eigenvalue weighted by Crippen LogP contribution is -2.30. The van der Waals surface area contributed by atoms with Gasteiger partial charge in [0.2, 0.25) is 0 Å². The van der Waals surface area contributed by atoms with Gasteiger partial charge in [0.25, 0.3) is 0 Å². The molecule has 0 radical (unpaired) electrons. The van der Waals surface area contributed by atoms with Gasteiger partial charge in [-0.2, -0.15) is 0 Å². The summed E-state index contributed by atoms with van der Waals surface area (Å²) >= 11 is 0. The molecule has 0 saturated carbocycles. The van der Waals surface area contributed by atoms with Crippen molar-refractivity contribution in [3.63, 3.8) is 0 Å². The van der Waals surface area contributed by atoms with Gasteiger partial charge in [-0.05, 0) is 83.5 Å². The fraction of sp³-hybridized carbons (Fsp3) is 0.794. The highest BCUT2D eigenvalue weighted by atomic mass is 16.6. The van der Waals surface area contributed by atoms with E-state index in [4.69, 9.17) is 14.2 Å². The van der Waals surface area contributed by atoms with E-state index in [1.165, 1.54) is 180 Å². The molecule has 400 valence electrons. The van der Waals surface area contributed by atoms with Crippen LogP contribution >= 0.6 is 0 Å². The molecule has 69 heavy (non-hydrogen) atoms. The van der Waals surface area contributed by atoms with E-state index in [9.17, 15) is 14.4 Å². The van der Waals surface area contributed by atoms with Crippen LogP contribution in [0.1, 0.15) is 303 Å². The van der Waals surface area contributed by atoms with Crippen LogP contribution in [0.15, 0.2) is 60.8 Å². The Balaban J connectivity index is 4.39. The summed E-state index contributed by atoms with van der Waals surface area (Å²) in [6, 6.07) is 0. The van der Waals surface area contributed by atoms with E-state index >= 15 is 0 Å². The highest BCUT2D eigenvalue weighted by Crippen LogP contribution is 2.17. The summed E-state index contributed by atoms with van der Waals surface area (Å²) in [6.45, 7) is 6.52. The van der Waals surface area contributed by atoms with Crippen LogP contribution in [0.5, 0.6) is 0 Å². The van der Waals surface area contributed by atoms with Gasteiger partial charge < -0.3 is 14.2 Å². The van der Waals surface area contributed by atoms with E-state index in [0.717, 1.165) is 83.5 Å². The van der Waals surface area contributed by atoms with Gasteiger partial charge in [-0.15, -0.1) is 0 Å². The molecule has 0 saturated heterocycles. The van der Waals surface area contributed by atoms with Gasteiger partial charge >= 0.3 is 17.9 Å². The van der Waals surface area contributed by atoms with Gasteiger partial charge in [-0.1, -0.05) is 261 Å². The van der Waals surface area contributed by atoms with E-state index in [2.05, 4.69) is 81.5 Å². The van der Waals surface area contributed by atoms with Crippen molar-refractivity contribution in [1.82, 2.24) is 0 Å². The number of unbranched alkanes of at least 4 members (excludes halogenated alkanes) is 33. The molecule has 0 aromatic rings. The van der Waals surface area contributed by atoms with Crippen molar-refractivity contribution in [1.29, 1.82) is 0 Å². The first-order valence-electron chi connectivity index (χ1n) is 29.8. The number of carbonyl (C=O) groups is 3. The van der Waals surface area contributed by atoms with Crippen molar-refractivity contribution in [3.05, 3.63) is 60.8 Å². The van der Waals surface area contributed by atoms with E-state index in [-0.39, 0.29) is 31.1 Å². The molecule has 0 aliphatic carbocycles. The predicted octanol–water partition coefficient (Wildman–Crippen LogP) is 20.0. The molecule has 6 heteroatoms. The normalized spacial score (nSPS) is 12.4. The molecular weight excluding hydrogens is 853 g/mol. The van der Waals surface area contributed by atoms with Crippen molar-refractivity contribution >= 4 is 17.9 Å². The maximum atomic E-state index is 12.9. The molecular formula is C63H112O6. The lowest BCUT2D eigenvalue weighted by Gasteiger charge is -2.18. The van der Waals surface area contributed by atoms with Crippen molar-refractivity contribution < 1.29 is 28.6 Å². The Labute approximate surface area is 428 Å². The smallest absolute Gasteiger partial charge is 0.306 e. The topological polar surface area (TPSA) is 78.9 Å². The van der Waals surface area contributed by atoms with Gasteiger partial charge in [-0.25, -0.2) is 0 Å². The Kier molecular flexibility index (Phi) is 55.3. The molecule has 6 nitrogen and oxygen atoms in total. The average molecular weight is 966 g/mol. The minimum atomic E-state index is -0.791. The largest absolute Gasteiger partial charge is 0.462 e. The molecule has 0 aromatic carbocycles.